The summed E-state index contributed by atoms with van der Waals surface area (Å²) >= 11 is 1.61. The fraction of sp³-hybridized carbons (Fsp3) is 0.633. The number of Topliss-reactive ketones (excluding diaryl/α,β-unsaturated/α-hetero) is 1. The first-order valence-corrected chi connectivity index (χ1v) is 14.4. The number of nitrogens with zero attached hydrogens (tertiary/aromatic N) is 1. The average Bonchev–Trinajstić information content (AvgIpc) is 3.32. The Hall–Kier alpha value is -2.13. The summed E-state index contributed by atoms with van der Waals surface area (Å²) in [6, 6.07) is 5.92. The first-order chi connectivity index (χ1) is 17.9. The zero-order valence-electron chi connectivity index (χ0n) is 23.1. The van der Waals surface area contributed by atoms with Gasteiger partial charge in [-0.25, -0.2) is 4.98 Å². The molecule has 2 N–H and O–H groups in total. The van der Waals surface area contributed by atoms with Crippen LogP contribution in [0.1, 0.15) is 82.9 Å². The number of fused-ring (bicyclic) bond motifs is 2. The van der Waals surface area contributed by atoms with E-state index < -0.39 is 35.6 Å². The molecule has 1 aromatic carbocycles. The second-order valence-corrected chi connectivity index (χ2v) is 13.1. The first kappa shape index (κ1) is 28.9. The van der Waals surface area contributed by atoms with Gasteiger partial charge in [0.25, 0.3) is 0 Å². The summed E-state index contributed by atoms with van der Waals surface area (Å²) in [5.74, 6) is -1.68. The van der Waals surface area contributed by atoms with E-state index in [4.69, 9.17) is 9.47 Å². The van der Waals surface area contributed by atoms with Crippen molar-refractivity contribution in [2.75, 3.05) is 0 Å². The Morgan fingerprint density at radius 2 is 1.97 bits per heavy atom. The molecule has 8 heteroatoms. The fourth-order valence-corrected chi connectivity index (χ4v) is 6.51. The Labute approximate surface area is 229 Å². The minimum Gasteiger partial charge on any atom is -0.457 e. The molecule has 4 rings (SSSR count). The highest BCUT2D eigenvalue weighted by Gasteiger charge is 2.53. The summed E-state index contributed by atoms with van der Waals surface area (Å²) in [6.45, 7) is 13.0. The van der Waals surface area contributed by atoms with Gasteiger partial charge in [-0.1, -0.05) is 39.3 Å². The van der Waals surface area contributed by atoms with Crippen LogP contribution in [0, 0.1) is 24.2 Å². The minimum atomic E-state index is -1.27. The number of aliphatic hydroxyl groups excluding tert-OH is 2. The molecule has 0 radical (unpaired) electrons. The van der Waals surface area contributed by atoms with Crippen LogP contribution in [-0.2, 0) is 19.1 Å². The quantitative estimate of drug-likeness (QED) is 0.301. The number of hydrogen-bond donors (Lipinski definition) is 2. The predicted molar refractivity (Wildman–Crippen MR) is 148 cm³/mol. The van der Waals surface area contributed by atoms with Crippen molar-refractivity contribution in [2.24, 2.45) is 17.3 Å². The van der Waals surface area contributed by atoms with Crippen LogP contribution in [0.15, 0.2) is 30.9 Å². The van der Waals surface area contributed by atoms with Crippen LogP contribution >= 0.6 is 11.3 Å². The number of carbonyl (C=O) groups is 2. The van der Waals surface area contributed by atoms with E-state index in [1.165, 1.54) is 0 Å². The number of allylic oxidation sites excluding steroid dienone is 1. The number of epoxide rings is 1. The van der Waals surface area contributed by atoms with Crippen molar-refractivity contribution >= 4 is 33.3 Å². The molecule has 0 saturated carbocycles. The lowest BCUT2D eigenvalue weighted by Crippen LogP contribution is -2.46. The molecule has 0 bridgehead atoms. The standard InChI is InChI=1S/C30H41NO6S/c1-7-9-20-27(34)17(2)10-8-13-30(6)25(37-30)15-22(19-11-12-23-21(14-19)31-18(3)38-23)36-26(33)16-24(32)29(4,5)28(20)35/h7,11-12,14,17,20,22,24-25,27,32,34H,1,8-10,13,15-16H2,2-6H3/t17-,20+,22-,24-,25+,27-,30-/m0/s1. The van der Waals surface area contributed by atoms with Crippen LogP contribution in [0.4, 0.5) is 0 Å². The maximum Gasteiger partial charge on any atom is 0.309 e. The van der Waals surface area contributed by atoms with Gasteiger partial charge in [0.2, 0.25) is 0 Å². The fourth-order valence-electron chi connectivity index (χ4n) is 5.70. The maximum absolute atomic E-state index is 13.6. The van der Waals surface area contributed by atoms with Gasteiger partial charge in [0, 0.05) is 12.3 Å². The molecular weight excluding hydrogens is 502 g/mol. The highest BCUT2D eigenvalue weighted by molar-refractivity contribution is 7.18. The number of rotatable bonds is 3. The molecule has 38 heavy (non-hydrogen) atoms. The largest absolute Gasteiger partial charge is 0.457 e. The Morgan fingerprint density at radius 3 is 2.68 bits per heavy atom. The number of aliphatic hydroxyl groups is 2. The highest BCUT2D eigenvalue weighted by Crippen LogP contribution is 2.47. The number of hydrogen-bond acceptors (Lipinski definition) is 8. The number of cyclic esters (lactones) is 1. The van der Waals surface area contributed by atoms with E-state index in [0.29, 0.717) is 12.8 Å². The van der Waals surface area contributed by atoms with Gasteiger partial charge in [0.1, 0.15) is 11.9 Å². The van der Waals surface area contributed by atoms with Gasteiger partial charge >= 0.3 is 5.97 Å². The average molecular weight is 544 g/mol. The SMILES string of the molecule is C=CC[C@H]1C(=O)C(C)(C)[C@@H](O)CC(=O)O[C@H](c2ccc3sc(C)nc3c2)C[C@H]2O[C@@]2(C)CCC[C@H](C)[C@@H]1O. The van der Waals surface area contributed by atoms with E-state index in [9.17, 15) is 19.8 Å². The molecule has 2 aromatic rings. The summed E-state index contributed by atoms with van der Waals surface area (Å²) in [6.07, 6.45) is 1.71. The van der Waals surface area contributed by atoms with Crippen molar-refractivity contribution in [1.29, 1.82) is 0 Å². The number of ether oxygens (including phenoxy) is 2. The number of benzene rings is 1. The summed E-state index contributed by atoms with van der Waals surface area (Å²) in [4.78, 5) is 31.3. The monoisotopic (exact) mass is 543 g/mol. The van der Waals surface area contributed by atoms with Gasteiger partial charge in [-0.05, 0) is 56.7 Å². The van der Waals surface area contributed by atoms with E-state index >= 15 is 0 Å². The Kier molecular flexibility index (Phi) is 8.48. The van der Waals surface area contributed by atoms with E-state index in [1.807, 2.05) is 32.0 Å². The first-order valence-electron chi connectivity index (χ1n) is 13.6. The zero-order valence-corrected chi connectivity index (χ0v) is 23.9. The second-order valence-electron chi connectivity index (χ2n) is 11.9. The van der Waals surface area contributed by atoms with Gasteiger partial charge in [-0.2, -0.15) is 0 Å². The Morgan fingerprint density at radius 1 is 1.24 bits per heavy atom. The zero-order chi connectivity index (χ0) is 27.8. The number of esters is 1. The summed E-state index contributed by atoms with van der Waals surface area (Å²) < 4.78 is 13.2. The third-order valence-electron chi connectivity index (χ3n) is 8.54. The smallest absolute Gasteiger partial charge is 0.309 e. The number of aryl methyl sites for hydroxylation is 1. The van der Waals surface area contributed by atoms with E-state index in [-0.39, 0.29) is 29.8 Å². The lowest BCUT2D eigenvalue weighted by Gasteiger charge is -2.35. The molecular formula is C30H41NO6S. The van der Waals surface area contributed by atoms with Gasteiger partial charge in [0.15, 0.2) is 0 Å². The summed E-state index contributed by atoms with van der Waals surface area (Å²) in [5, 5.41) is 23.2. The van der Waals surface area contributed by atoms with E-state index in [0.717, 1.165) is 40.1 Å². The van der Waals surface area contributed by atoms with Crippen LogP contribution < -0.4 is 0 Å². The Balaban J connectivity index is 1.63. The topological polar surface area (TPSA) is 109 Å². The van der Waals surface area contributed by atoms with Crippen LogP contribution in [-0.4, -0.2) is 50.9 Å². The highest BCUT2D eigenvalue weighted by atomic mass is 32.1. The number of ketones is 1. The summed E-state index contributed by atoms with van der Waals surface area (Å²) in [5.41, 5.74) is 0.115. The molecule has 7 nitrogen and oxygen atoms in total. The van der Waals surface area contributed by atoms with Crippen LogP contribution in [0.25, 0.3) is 10.2 Å². The number of thiazole rings is 1. The molecule has 7 atom stereocenters. The van der Waals surface area contributed by atoms with Gasteiger partial charge in [0.05, 0.1) is 51.0 Å². The molecule has 3 heterocycles. The lowest BCUT2D eigenvalue weighted by molar-refractivity contribution is -0.156. The van der Waals surface area contributed by atoms with Gasteiger partial charge in [-0.15, -0.1) is 17.9 Å². The molecule has 2 aliphatic heterocycles. The molecule has 2 saturated heterocycles. The predicted octanol–water partition coefficient (Wildman–Crippen LogP) is 5.46. The van der Waals surface area contributed by atoms with Crippen molar-refractivity contribution in [1.82, 2.24) is 4.98 Å². The van der Waals surface area contributed by atoms with Crippen molar-refractivity contribution in [3.05, 3.63) is 41.4 Å². The van der Waals surface area contributed by atoms with E-state index in [1.54, 1.807) is 31.3 Å². The minimum absolute atomic E-state index is 0.0715. The van der Waals surface area contributed by atoms with Crippen LogP contribution in [0.5, 0.6) is 0 Å². The molecule has 0 aliphatic carbocycles. The normalized spacial score (nSPS) is 34.9. The maximum atomic E-state index is 13.6. The van der Waals surface area contributed by atoms with Crippen molar-refractivity contribution in [3.8, 4) is 0 Å². The lowest BCUT2D eigenvalue weighted by atomic mass is 9.71. The molecule has 0 amide bonds. The number of aromatic nitrogens is 1. The van der Waals surface area contributed by atoms with Crippen molar-refractivity contribution < 1.29 is 29.3 Å². The van der Waals surface area contributed by atoms with Crippen molar-refractivity contribution in [2.45, 2.75) is 103 Å². The third-order valence-corrected chi connectivity index (χ3v) is 9.49. The van der Waals surface area contributed by atoms with Crippen LogP contribution in [0.2, 0.25) is 0 Å². The van der Waals surface area contributed by atoms with E-state index in [2.05, 4.69) is 18.5 Å². The second kappa shape index (κ2) is 11.2. The van der Waals surface area contributed by atoms with Gasteiger partial charge in [-0.3, -0.25) is 9.59 Å². The third kappa shape index (κ3) is 6.03. The molecule has 2 fully saturated rings. The molecule has 0 unspecified atom stereocenters. The molecule has 208 valence electrons. The Bertz CT molecular complexity index is 1190. The summed E-state index contributed by atoms with van der Waals surface area (Å²) in [7, 11) is 0. The molecule has 0 spiro atoms. The van der Waals surface area contributed by atoms with Crippen LogP contribution in [0.3, 0.4) is 0 Å². The van der Waals surface area contributed by atoms with Crippen molar-refractivity contribution in [3.63, 3.8) is 0 Å². The molecule has 2 aliphatic rings. The number of carbonyl (C=O) groups excluding carboxylic acids is 2. The molecule has 1 aromatic heterocycles. The van der Waals surface area contributed by atoms with Gasteiger partial charge < -0.3 is 19.7 Å².